The molecule has 11 heteroatoms. The molecule has 9 nitrogen and oxygen atoms in total. The van der Waals surface area contributed by atoms with Crippen LogP contribution in [0, 0.1) is 5.82 Å². The molecule has 1 saturated heterocycles. The zero-order chi connectivity index (χ0) is 24.0. The van der Waals surface area contributed by atoms with Gasteiger partial charge in [0.05, 0.1) is 12.2 Å². The number of halogens is 1. The van der Waals surface area contributed by atoms with E-state index in [2.05, 4.69) is 16.3 Å². The largest absolute Gasteiger partial charge is 0.462 e. The van der Waals surface area contributed by atoms with Crippen molar-refractivity contribution in [2.75, 3.05) is 44.2 Å². The summed E-state index contributed by atoms with van der Waals surface area (Å²) in [5.41, 5.74) is 0.444. The zero-order valence-corrected chi connectivity index (χ0v) is 19.0. The Labute approximate surface area is 191 Å². The number of aromatic nitrogens is 1. The van der Waals surface area contributed by atoms with Gasteiger partial charge in [0.25, 0.3) is 5.91 Å². The van der Waals surface area contributed by atoms with E-state index >= 15 is 0 Å². The van der Waals surface area contributed by atoms with Crippen LogP contribution in [-0.2, 0) is 14.8 Å². The maximum absolute atomic E-state index is 14.1. The van der Waals surface area contributed by atoms with Gasteiger partial charge in [0.2, 0.25) is 10.0 Å². The van der Waals surface area contributed by atoms with Gasteiger partial charge < -0.3 is 14.5 Å². The molecule has 2 aromatic rings. The van der Waals surface area contributed by atoms with Crippen LogP contribution in [-0.4, -0.2) is 69.5 Å². The van der Waals surface area contributed by atoms with E-state index in [1.807, 2.05) is 4.90 Å². The van der Waals surface area contributed by atoms with Crippen molar-refractivity contribution in [3.63, 3.8) is 0 Å². The monoisotopic (exact) mass is 476 g/mol. The van der Waals surface area contributed by atoms with E-state index in [0.717, 1.165) is 12.1 Å². The van der Waals surface area contributed by atoms with Gasteiger partial charge in [0.15, 0.2) is 0 Å². The molecule has 1 fully saturated rings. The molecular formula is C22H25FN4O5S. The lowest BCUT2D eigenvalue weighted by molar-refractivity contribution is 0.0525. The van der Waals surface area contributed by atoms with Crippen molar-refractivity contribution in [1.29, 1.82) is 0 Å². The van der Waals surface area contributed by atoms with E-state index in [9.17, 15) is 22.4 Å². The Morgan fingerprint density at radius 1 is 1.18 bits per heavy atom. The number of nitrogens with zero attached hydrogens (tertiary/aromatic N) is 3. The summed E-state index contributed by atoms with van der Waals surface area (Å²) >= 11 is 0. The number of anilines is 1. The van der Waals surface area contributed by atoms with Crippen molar-refractivity contribution in [2.24, 2.45) is 0 Å². The second-order valence-corrected chi connectivity index (χ2v) is 8.93. The Bertz CT molecular complexity index is 1130. The van der Waals surface area contributed by atoms with Gasteiger partial charge in [0.1, 0.15) is 16.5 Å². The van der Waals surface area contributed by atoms with Crippen molar-refractivity contribution in [1.82, 2.24) is 14.6 Å². The molecule has 1 N–H and O–H groups in total. The normalized spacial score (nSPS) is 14.1. The predicted molar refractivity (Wildman–Crippen MR) is 120 cm³/mol. The van der Waals surface area contributed by atoms with Crippen LogP contribution in [0.4, 0.5) is 10.2 Å². The van der Waals surface area contributed by atoms with Crippen molar-refractivity contribution >= 4 is 27.7 Å². The molecule has 33 heavy (non-hydrogen) atoms. The summed E-state index contributed by atoms with van der Waals surface area (Å²) in [5, 5.41) is 0. The molecule has 1 amide bonds. The highest BCUT2D eigenvalue weighted by molar-refractivity contribution is 7.89. The van der Waals surface area contributed by atoms with E-state index in [-0.39, 0.29) is 24.6 Å². The minimum atomic E-state index is -4.11. The third-order valence-corrected chi connectivity index (χ3v) is 6.47. The lowest BCUT2D eigenvalue weighted by Crippen LogP contribution is -2.49. The van der Waals surface area contributed by atoms with Crippen molar-refractivity contribution in [2.45, 2.75) is 11.8 Å². The first-order valence-electron chi connectivity index (χ1n) is 10.3. The van der Waals surface area contributed by atoms with Crippen LogP contribution in [0.15, 0.2) is 54.1 Å². The first-order chi connectivity index (χ1) is 15.8. The van der Waals surface area contributed by atoms with Crippen LogP contribution in [0.25, 0.3) is 0 Å². The van der Waals surface area contributed by atoms with Crippen LogP contribution in [0.3, 0.4) is 0 Å². The van der Waals surface area contributed by atoms with Gasteiger partial charge >= 0.3 is 5.97 Å². The van der Waals surface area contributed by atoms with Gasteiger partial charge in [-0.05, 0) is 37.3 Å². The number of amides is 1. The highest BCUT2D eigenvalue weighted by Gasteiger charge is 2.26. The van der Waals surface area contributed by atoms with Crippen molar-refractivity contribution in [3.05, 3.63) is 66.1 Å². The quantitative estimate of drug-likeness (QED) is 0.457. The number of hydrogen-bond donors (Lipinski definition) is 1. The highest BCUT2D eigenvalue weighted by atomic mass is 32.2. The molecule has 176 valence electrons. The maximum atomic E-state index is 14.1. The second kappa shape index (κ2) is 10.5. The summed E-state index contributed by atoms with van der Waals surface area (Å²) < 4.78 is 45.9. The average Bonchev–Trinajstić information content (AvgIpc) is 2.83. The fourth-order valence-electron chi connectivity index (χ4n) is 3.32. The smallest absolute Gasteiger partial charge is 0.339 e. The molecule has 3 rings (SSSR count). The van der Waals surface area contributed by atoms with E-state index in [1.165, 1.54) is 18.3 Å². The van der Waals surface area contributed by atoms with E-state index in [4.69, 9.17) is 4.74 Å². The molecule has 1 aromatic carbocycles. The molecule has 0 aliphatic carbocycles. The molecule has 0 bridgehead atoms. The van der Waals surface area contributed by atoms with Gasteiger partial charge in [-0.2, -0.15) is 0 Å². The fourth-order valence-corrected chi connectivity index (χ4v) is 4.42. The van der Waals surface area contributed by atoms with Crippen LogP contribution in [0.5, 0.6) is 0 Å². The summed E-state index contributed by atoms with van der Waals surface area (Å²) in [6.45, 7) is 7.09. The molecule has 0 atom stereocenters. The summed E-state index contributed by atoms with van der Waals surface area (Å²) in [4.78, 5) is 31.9. The molecule has 2 heterocycles. The Balaban J connectivity index is 1.66. The van der Waals surface area contributed by atoms with Crippen LogP contribution in [0.2, 0.25) is 0 Å². The van der Waals surface area contributed by atoms with Crippen LogP contribution >= 0.6 is 0 Å². The van der Waals surface area contributed by atoms with Crippen LogP contribution in [0.1, 0.15) is 27.6 Å². The molecule has 0 radical (unpaired) electrons. The minimum absolute atomic E-state index is 0.0588. The van der Waals surface area contributed by atoms with E-state index in [1.54, 1.807) is 24.0 Å². The van der Waals surface area contributed by atoms with E-state index in [0.29, 0.717) is 37.6 Å². The maximum Gasteiger partial charge on any atom is 0.339 e. The number of carbonyl (C=O) groups excluding carboxylic acids is 2. The number of sulfonamides is 1. The number of rotatable bonds is 8. The average molecular weight is 477 g/mol. The third-order valence-electron chi connectivity index (χ3n) is 5.04. The molecular weight excluding hydrogens is 451 g/mol. The predicted octanol–water partition coefficient (Wildman–Crippen LogP) is 1.82. The summed E-state index contributed by atoms with van der Waals surface area (Å²) in [7, 11) is -4.11. The summed E-state index contributed by atoms with van der Waals surface area (Å²) in [5.74, 6) is -1.10. The minimum Gasteiger partial charge on any atom is -0.462 e. The molecule has 1 aliphatic heterocycles. The zero-order valence-electron chi connectivity index (χ0n) is 18.2. The number of esters is 1. The second-order valence-electron chi connectivity index (χ2n) is 7.19. The third kappa shape index (κ3) is 5.74. The van der Waals surface area contributed by atoms with Gasteiger partial charge in [-0.15, -0.1) is 6.58 Å². The Kier molecular flexibility index (Phi) is 7.77. The number of ether oxygens (including phenoxy) is 1. The number of benzene rings is 1. The number of piperazine rings is 1. The first-order valence-corrected chi connectivity index (χ1v) is 11.8. The molecule has 0 spiro atoms. The lowest BCUT2D eigenvalue weighted by atomic mass is 10.1. The lowest BCUT2D eigenvalue weighted by Gasteiger charge is -2.35. The number of pyridine rings is 1. The van der Waals surface area contributed by atoms with Crippen molar-refractivity contribution < 1.29 is 27.1 Å². The fraction of sp³-hybridized carbons (Fsp3) is 0.318. The van der Waals surface area contributed by atoms with Gasteiger partial charge in [-0.3, -0.25) is 4.79 Å². The number of carbonyl (C=O) groups is 2. The standard InChI is InChI=1S/C22H25FN4O5S/c1-3-9-25-33(30,31)19-14-16(5-7-18(19)23)21(28)27-12-10-26(11-13-27)20-8-6-17(15-24-20)22(29)32-4-2/h3,5-8,14-15,25H,1,4,9-13H2,2H3. The summed E-state index contributed by atoms with van der Waals surface area (Å²) in [6.07, 6.45) is 2.79. The van der Waals surface area contributed by atoms with E-state index < -0.39 is 26.7 Å². The number of hydrogen-bond acceptors (Lipinski definition) is 7. The van der Waals surface area contributed by atoms with Crippen molar-refractivity contribution in [3.8, 4) is 0 Å². The Morgan fingerprint density at radius 3 is 2.48 bits per heavy atom. The van der Waals surface area contributed by atoms with Gasteiger partial charge in [0, 0.05) is 44.5 Å². The number of nitrogens with one attached hydrogen (secondary N) is 1. The topological polar surface area (TPSA) is 109 Å². The molecule has 1 aromatic heterocycles. The SMILES string of the molecule is C=CCNS(=O)(=O)c1cc(C(=O)N2CCN(c3ccc(C(=O)OCC)cn3)CC2)ccc1F. The van der Waals surface area contributed by atoms with Gasteiger partial charge in [-0.25, -0.2) is 27.3 Å². The first kappa shape index (κ1) is 24.3. The van der Waals surface area contributed by atoms with Crippen LogP contribution < -0.4 is 9.62 Å². The summed E-state index contributed by atoms with van der Waals surface area (Å²) in [6, 6.07) is 6.65. The Hall–Kier alpha value is -3.31. The molecule has 0 unspecified atom stereocenters. The molecule has 0 saturated carbocycles. The molecule has 1 aliphatic rings. The highest BCUT2D eigenvalue weighted by Crippen LogP contribution is 2.20. The Morgan fingerprint density at radius 2 is 1.88 bits per heavy atom. The van der Waals surface area contributed by atoms with Gasteiger partial charge in [-0.1, -0.05) is 6.08 Å².